The number of hydrogen-bond acceptors (Lipinski definition) is 1. The summed E-state index contributed by atoms with van der Waals surface area (Å²) >= 11 is 0. The third-order valence-electron chi connectivity index (χ3n) is 3.07. The van der Waals surface area contributed by atoms with Crippen molar-refractivity contribution in [3.8, 4) is 6.07 Å². The Balaban J connectivity index is 2.31. The number of rotatable bonds is 2. The predicted molar refractivity (Wildman–Crippen MR) is 66.7 cm³/mol. The van der Waals surface area contributed by atoms with Crippen molar-refractivity contribution in [3.05, 3.63) is 53.6 Å². The Morgan fingerprint density at radius 1 is 1.38 bits per heavy atom. The average molecular weight is 209 g/mol. The Bertz CT molecular complexity index is 474. The first-order valence-electron chi connectivity index (χ1n) is 5.73. The minimum Gasteiger partial charge on any atom is -0.192 e. The van der Waals surface area contributed by atoms with E-state index in [0.29, 0.717) is 5.92 Å². The summed E-state index contributed by atoms with van der Waals surface area (Å²) in [5.74, 6) is 0.665. The quantitative estimate of drug-likeness (QED) is 0.724. The molecule has 0 heterocycles. The second-order valence-corrected chi connectivity index (χ2v) is 4.08. The van der Waals surface area contributed by atoms with Crippen molar-refractivity contribution in [2.24, 2.45) is 5.92 Å². The van der Waals surface area contributed by atoms with Gasteiger partial charge >= 0.3 is 0 Å². The lowest BCUT2D eigenvalue weighted by Gasteiger charge is -2.15. The van der Waals surface area contributed by atoms with Crippen molar-refractivity contribution >= 4 is 5.57 Å². The summed E-state index contributed by atoms with van der Waals surface area (Å²) in [4.78, 5) is 0. The molecule has 0 N–H and O–H groups in total. The summed E-state index contributed by atoms with van der Waals surface area (Å²) < 4.78 is 0. The molecule has 0 bridgehead atoms. The Kier molecular flexibility index (Phi) is 3.22. The highest BCUT2D eigenvalue weighted by atomic mass is 14.2. The van der Waals surface area contributed by atoms with Crippen LogP contribution in [0.2, 0.25) is 0 Å². The SMILES string of the molecule is CCC1C=CC(c2ccccc2C#N)=CC1. The average Bonchev–Trinajstić information content (AvgIpc) is 2.39. The standard InChI is InChI=1S/C15H15N/c1-2-12-7-9-13(10-8-12)15-6-4-3-5-14(15)11-16/h3-7,9-10,12H,2,8H2,1H3. The monoisotopic (exact) mass is 209 g/mol. The number of benzene rings is 1. The third-order valence-corrected chi connectivity index (χ3v) is 3.07. The van der Waals surface area contributed by atoms with Gasteiger partial charge in [0.15, 0.2) is 0 Å². The highest BCUT2D eigenvalue weighted by Gasteiger charge is 2.10. The molecule has 0 aliphatic heterocycles. The molecule has 1 atom stereocenters. The largest absolute Gasteiger partial charge is 0.192 e. The minimum atomic E-state index is 0.665. The van der Waals surface area contributed by atoms with Crippen LogP contribution in [0.25, 0.3) is 5.57 Å². The lowest BCUT2D eigenvalue weighted by Crippen LogP contribution is -1.98. The van der Waals surface area contributed by atoms with Gasteiger partial charge in [0.05, 0.1) is 11.6 Å². The molecular formula is C15H15N. The normalized spacial score (nSPS) is 19.0. The van der Waals surface area contributed by atoms with Crippen molar-refractivity contribution < 1.29 is 0 Å². The van der Waals surface area contributed by atoms with Crippen molar-refractivity contribution in [3.63, 3.8) is 0 Å². The molecule has 1 heteroatoms. The van der Waals surface area contributed by atoms with E-state index in [1.165, 1.54) is 12.0 Å². The summed E-state index contributed by atoms with van der Waals surface area (Å²) in [6, 6.07) is 10.0. The second-order valence-electron chi connectivity index (χ2n) is 4.08. The van der Waals surface area contributed by atoms with E-state index >= 15 is 0 Å². The van der Waals surface area contributed by atoms with E-state index in [1.807, 2.05) is 24.3 Å². The first-order chi connectivity index (χ1) is 7.85. The van der Waals surface area contributed by atoms with Crippen LogP contribution < -0.4 is 0 Å². The van der Waals surface area contributed by atoms with Gasteiger partial charge in [-0.05, 0) is 36.0 Å². The summed E-state index contributed by atoms with van der Waals surface area (Å²) in [6.07, 6.45) is 8.91. The van der Waals surface area contributed by atoms with E-state index in [0.717, 1.165) is 17.5 Å². The highest BCUT2D eigenvalue weighted by molar-refractivity contribution is 5.78. The molecule has 1 aromatic rings. The van der Waals surface area contributed by atoms with E-state index in [2.05, 4.69) is 31.2 Å². The zero-order valence-electron chi connectivity index (χ0n) is 9.48. The van der Waals surface area contributed by atoms with Crippen molar-refractivity contribution in [1.82, 2.24) is 0 Å². The van der Waals surface area contributed by atoms with Crippen molar-refractivity contribution in [1.29, 1.82) is 5.26 Å². The molecule has 0 spiro atoms. The number of nitrogens with zero attached hydrogens (tertiary/aromatic N) is 1. The smallest absolute Gasteiger partial charge is 0.0998 e. The minimum absolute atomic E-state index is 0.665. The Hall–Kier alpha value is -1.81. The van der Waals surface area contributed by atoms with Gasteiger partial charge in [-0.1, -0.05) is 43.4 Å². The van der Waals surface area contributed by atoms with E-state index < -0.39 is 0 Å². The molecule has 80 valence electrons. The zero-order valence-corrected chi connectivity index (χ0v) is 9.48. The van der Waals surface area contributed by atoms with Gasteiger partial charge in [-0.25, -0.2) is 0 Å². The maximum atomic E-state index is 9.05. The molecule has 0 saturated carbocycles. The molecule has 0 amide bonds. The molecule has 0 saturated heterocycles. The topological polar surface area (TPSA) is 23.8 Å². The Labute approximate surface area is 96.7 Å². The van der Waals surface area contributed by atoms with Crippen LogP contribution in [0.4, 0.5) is 0 Å². The Morgan fingerprint density at radius 3 is 2.81 bits per heavy atom. The summed E-state index contributed by atoms with van der Waals surface area (Å²) in [7, 11) is 0. The van der Waals surface area contributed by atoms with Crippen LogP contribution >= 0.6 is 0 Å². The predicted octanol–water partition coefficient (Wildman–Crippen LogP) is 3.93. The molecule has 1 nitrogen and oxygen atoms in total. The molecule has 0 fully saturated rings. The first kappa shape index (κ1) is 10.7. The van der Waals surface area contributed by atoms with Crippen LogP contribution in [0.15, 0.2) is 42.5 Å². The van der Waals surface area contributed by atoms with Gasteiger partial charge < -0.3 is 0 Å². The van der Waals surface area contributed by atoms with E-state index in [1.54, 1.807) is 0 Å². The number of allylic oxidation sites excluding steroid dienone is 4. The van der Waals surface area contributed by atoms with E-state index in [-0.39, 0.29) is 0 Å². The maximum Gasteiger partial charge on any atom is 0.0998 e. The zero-order chi connectivity index (χ0) is 11.4. The van der Waals surface area contributed by atoms with Crippen molar-refractivity contribution in [2.45, 2.75) is 19.8 Å². The number of hydrogen-bond donors (Lipinski definition) is 0. The van der Waals surface area contributed by atoms with Crippen LogP contribution in [-0.4, -0.2) is 0 Å². The van der Waals surface area contributed by atoms with Crippen LogP contribution in [0.3, 0.4) is 0 Å². The summed E-state index contributed by atoms with van der Waals surface area (Å²) in [6.45, 7) is 2.21. The summed E-state index contributed by atoms with van der Waals surface area (Å²) in [5.41, 5.74) is 2.99. The number of nitriles is 1. The van der Waals surface area contributed by atoms with E-state index in [9.17, 15) is 0 Å². The van der Waals surface area contributed by atoms with E-state index in [4.69, 9.17) is 5.26 Å². The lowest BCUT2D eigenvalue weighted by molar-refractivity contribution is 0.634. The van der Waals surface area contributed by atoms with Crippen LogP contribution in [-0.2, 0) is 0 Å². The van der Waals surface area contributed by atoms with Gasteiger partial charge in [-0.2, -0.15) is 5.26 Å². The fraction of sp³-hybridized carbons (Fsp3) is 0.267. The molecule has 1 aliphatic carbocycles. The highest BCUT2D eigenvalue weighted by Crippen LogP contribution is 2.27. The van der Waals surface area contributed by atoms with Crippen LogP contribution in [0.1, 0.15) is 30.9 Å². The van der Waals surface area contributed by atoms with Gasteiger partial charge in [0.1, 0.15) is 0 Å². The summed E-state index contributed by atoms with van der Waals surface area (Å²) in [5, 5.41) is 9.05. The van der Waals surface area contributed by atoms with Gasteiger partial charge in [-0.3, -0.25) is 0 Å². The molecule has 0 radical (unpaired) electrons. The third kappa shape index (κ3) is 2.06. The fourth-order valence-corrected chi connectivity index (χ4v) is 2.00. The van der Waals surface area contributed by atoms with Crippen molar-refractivity contribution in [2.75, 3.05) is 0 Å². The van der Waals surface area contributed by atoms with Gasteiger partial charge in [0.25, 0.3) is 0 Å². The molecule has 0 aromatic heterocycles. The maximum absolute atomic E-state index is 9.05. The van der Waals surface area contributed by atoms with Gasteiger partial charge in [0, 0.05) is 0 Å². The molecule has 2 rings (SSSR count). The van der Waals surface area contributed by atoms with Crippen LogP contribution in [0, 0.1) is 17.2 Å². The first-order valence-corrected chi connectivity index (χ1v) is 5.73. The lowest BCUT2D eigenvalue weighted by atomic mass is 9.90. The molecule has 1 aliphatic rings. The molecule has 1 aromatic carbocycles. The fourth-order valence-electron chi connectivity index (χ4n) is 2.00. The van der Waals surface area contributed by atoms with Gasteiger partial charge in [-0.15, -0.1) is 0 Å². The molecule has 1 unspecified atom stereocenters. The molecular weight excluding hydrogens is 194 g/mol. The Morgan fingerprint density at radius 2 is 2.19 bits per heavy atom. The second kappa shape index (κ2) is 4.81. The molecule has 16 heavy (non-hydrogen) atoms. The van der Waals surface area contributed by atoms with Crippen LogP contribution in [0.5, 0.6) is 0 Å². The van der Waals surface area contributed by atoms with Gasteiger partial charge in [0.2, 0.25) is 0 Å².